The maximum Gasteiger partial charge on any atom is 0.295 e. The maximum atomic E-state index is 13.2. The van der Waals surface area contributed by atoms with Crippen LogP contribution in [0.2, 0.25) is 5.02 Å². The van der Waals surface area contributed by atoms with Crippen LogP contribution in [0.5, 0.6) is 23.0 Å². The molecule has 0 spiro atoms. The molecule has 1 fully saturated rings. The van der Waals surface area contributed by atoms with Crippen LogP contribution >= 0.6 is 22.9 Å². The number of methoxy groups -OCH3 is 3. The van der Waals surface area contributed by atoms with E-state index in [4.69, 9.17) is 30.5 Å². The zero-order valence-electron chi connectivity index (χ0n) is 19.8. The van der Waals surface area contributed by atoms with Crippen LogP contribution in [0.1, 0.15) is 16.5 Å². The van der Waals surface area contributed by atoms with Gasteiger partial charge in [0.05, 0.1) is 50.1 Å². The van der Waals surface area contributed by atoms with Crippen LogP contribution in [0.3, 0.4) is 0 Å². The normalized spacial score (nSPS) is 16.8. The largest absolute Gasteiger partial charge is 0.507 e. The Labute approximate surface area is 217 Å². The first-order valence-corrected chi connectivity index (χ1v) is 12.2. The fourth-order valence-electron chi connectivity index (χ4n) is 3.98. The minimum absolute atomic E-state index is 0.0496. The van der Waals surface area contributed by atoms with E-state index >= 15 is 0 Å². The second-order valence-corrected chi connectivity index (χ2v) is 9.11. The Balaban J connectivity index is 1.69. The summed E-state index contributed by atoms with van der Waals surface area (Å²) in [5, 5.41) is 13.4. The predicted molar refractivity (Wildman–Crippen MR) is 136 cm³/mol. The van der Waals surface area contributed by atoms with Gasteiger partial charge in [0.15, 0.2) is 0 Å². The van der Waals surface area contributed by atoms with Crippen molar-refractivity contribution >= 4 is 40.4 Å². The van der Waals surface area contributed by atoms with Gasteiger partial charge in [-0.15, -0.1) is 11.3 Å². The number of ketones is 1. The topological polar surface area (TPSA) is 94.5 Å². The molecule has 36 heavy (non-hydrogen) atoms. The monoisotopic (exact) mass is 529 g/mol. The number of hydrogen-bond donors (Lipinski definition) is 1. The average Bonchev–Trinajstić information content (AvgIpc) is 3.51. The summed E-state index contributed by atoms with van der Waals surface area (Å²) in [5.74, 6) is -0.0379. The van der Waals surface area contributed by atoms with Crippen LogP contribution in [0.4, 0.5) is 0 Å². The Hall–Kier alpha value is -3.69. The summed E-state index contributed by atoms with van der Waals surface area (Å²) in [4.78, 5) is 28.4. The highest BCUT2D eigenvalue weighted by Gasteiger charge is 2.46. The Morgan fingerprint density at radius 3 is 2.31 bits per heavy atom. The fraction of sp³-hybridized carbons (Fsp3) is 0.231. The van der Waals surface area contributed by atoms with E-state index in [0.717, 1.165) is 4.88 Å². The molecule has 0 radical (unpaired) electrons. The molecule has 188 valence electrons. The molecule has 0 aliphatic carbocycles. The zero-order valence-corrected chi connectivity index (χ0v) is 21.4. The van der Waals surface area contributed by atoms with E-state index in [0.29, 0.717) is 17.2 Å². The first-order chi connectivity index (χ1) is 17.4. The number of carbonyl (C=O) groups is 2. The van der Waals surface area contributed by atoms with Crippen molar-refractivity contribution in [3.05, 3.63) is 74.9 Å². The molecule has 1 aliphatic rings. The van der Waals surface area contributed by atoms with Gasteiger partial charge in [0.2, 0.25) is 0 Å². The number of amides is 1. The van der Waals surface area contributed by atoms with Gasteiger partial charge in [0, 0.05) is 10.9 Å². The second kappa shape index (κ2) is 10.9. The van der Waals surface area contributed by atoms with Crippen LogP contribution in [-0.4, -0.2) is 56.2 Å². The molecule has 1 saturated heterocycles. The highest BCUT2D eigenvalue weighted by atomic mass is 35.5. The minimum atomic E-state index is -0.802. The highest BCUT2D eigenvalue weighted by Crippen LogP contribution is 2.43. The quantitative estimate of drug-likeness (QED) is 0.238. The Bertz CT molecular complexity index is 1290. The van der Waals surface area contributed by atoms with Gasteiger partial charge in [-0.3, -0.25) is 9.59 Å². The number of likely N-dealkylation sites (tertiary alicyclic amines) is 1. The molecule has 3 aromatic rings. The minimum Gasteiger partial charge on any atom is -0.507 e. The Morgan fingerprint density at radius 2 is 1.69 bits per heavy atom. The zero-order chi connectivity index (χ0) is 25.8. The number of thiophene rings is 1. The Morgan fingerprint density at radius 1 is 1.00 bits per heavy atom. The van der Waals surface area contributed by atoms with Crippen LogP contribution in [0, 0.1) is 0 Å². The number of halogens is 1. The molecule has 10 heteroatoms. The van der Waals surface area contributed by atoms with Crippen molar-refractivity contribution in [1.29, 1.82) is 0 Å². The van der Waals surface area contributed by atoms with E-state index in [1.807, 2.05) is 17.5 Å². The third-order valence-electron chi connectivity index (χ3n) is 5.74. The van der Waals surface area contributed by atoms with Crippen LogP contribution in [0.15, 0.2) is 59.5 Å². The fourth-order valence-corrected chi connectivity index (χ4v) is 5.06. The van der Waals surface area contributed by atoms with Crippen molar-refractivity contribution in [1.82, 2.24) is 4.90 Å². The highest BCUT2D eigenvalue weighted by molar-refractivity contribution is 7.10. The molecule has 1 unspecified atom stereocenters. The van der Waals surface area contributed by atoms with Gasteiger partial charge in [-0.25, -0.2) is 0 Å². The van der Waals surface area contributed by atoms with E-state index in [-0.39, 0.29) is 40.8 Å². The van der Waals surface area contributed by atoms with Crippen molar-refractivity contribution in [3.8, 4) is 23.0 Å². The number of hydrogen-bond acceptors (Lipinski definition) is 8. The van der Waals surface area contributed by atoms with Crippen LogP contribution in [0.25, 0.3) is 5.76 Å². The molecular weight excluding hydrogens is 506 g/mol. The maximum absolute atomic E-state index is 13.2. The standard InChI is InChI=1S/C26H24ClNO7S/c1-32-15-6-8-16(9-7-15)35-11-10-28-23(21-5-4-12-36-21)22(25(30)26(28)31)24(29)17-13-18(27)20(34-3)14-19(17)33-2/h4-9,12-14,23,29H,10-11H2,1-3H3/b24-22-. The number of Topliss-reactive ketones (excluding diaryl/α,β-unsaturated/α-hetero) is 1. The molecular formula is C26H24ClNO7S. The van der Waals surface area contributed by atoms with Gasteiger partial charge >= 0.3 is 0 Å². The molecule has 8 nitrogen and oxygen atoms in total. The molecule has 1 N–H and O–H groups in total. The smallest absolute Gasteiger partial charge is 0.295 e. The van der Waals surface area contributed by atoms with E-state index in [2.05, 4.69) is 0 Å². The average molecular weight is 530 g/mol. The number of benzene rings is 2. The van der Waals surface area contributed by atoms with Crippen molar-refractivity contribution in [2.24, 2.45) is 0 Å². The molecule has 1 amide bonds. The summed E-state index contributed by atoms with van der Waals surface area (Å²) in [6.45, 7) is 0.259. The van der Waals surface area contributed by atoms with E-state index in [1.54, 1.807) is 31.4 Å². The lowest BCUT2D eigenvalue weighted by Gasteiger charge is -2.24. The summed E-state index contributed by atoms with van der Waals surface area (Å²) in [6, 6.07) is 12.8. The summed E-state index contributed by atoms with van der Waals surface area (Å²) in [5.41, 5.74) is 0.128. The van der Waals surface area contributed by atoms with Gasteiger partial charge in [-0.2, -0.15) is 0 Å². The van der Waals surface area contributed by atoms with E-state index in [1.165, 1.54) is 42.6 Å². The predicted octanol–water partition coefficient (Wildman–Crippen LogP) is 4.93. The Kier molecular flexibility index (Phi) is 7.71. The number of carbonyl (C=O) groups excluding carboxylic acids is 2. The van der Waals surface area contributed by atoms with Crippen molar-refractivity contribution in [3.63, 3.8) is 0 Å². The number of aliphatic hydroxyl groups excluding tert-OH is 1. The van der Waals surface area contributed by atoms with Crippen LogP contribution < -0.4 is 18.9 Å². The number of nitrogens with zero attached hydrogens (tertiary/aromatic N) is 1. The molecule has 0 bridgehead atoms. The summed E-state index contributed by atoms with van der Waals surface area (Å²) in [7, 11) is 4.45. The lowest BCUT2D eigenvalue weighted by atomic mass is 9.99. The van der Waals surface area contributed by atoms with Crippen molar-refractivity contribution < 1.29 is 33.6 Å². The van der Waals surface area contributed by atoms with E-state index < -0.39 is 17.7 Å². The number of ether oxygens (including phenoxy) is 4. The summed E-state index contributed by atoms with van der Waals surface area (Å²) >= 11 is 7.66. The van der Waals surface area contributed by atoms with Crippen LogP contribution in [-0.2, 0) is 9.59 Å². The molecule has 2 heterocycles. The van der Waals surface area contributed by atoms with E-state index in [9.17, 15) is 14.7 Å². The first kappa shape index (κ1) is 25.4. The summed E-state index contributed by atoms with van der Waals surface area (Å²) < 4.78 is 21.6. The lowest BCUT2D eigenvalue weighted by molar-refractivity contribution is -0.140. The number of rotatable bonds is 9. The van der Waals surface area contributed by atoms with Gasteiger partial charge in [0.25, 0.3) is 11.7 Å². The molecule has 1 aliphatic heterocycles. The molecule has 4 rings (SSSR count). The molecule has 2 aromatic carbocycles. The SMILES string of the molecule is COc1ccc(OCCN2C(=O)C(=O)/C(=C(\O)c3cc(Cl)c(OC)cc3OC)C2c2cccs2)cc1. The number of aliphatic hydroxyl groups is 1. The van der Waals surface area contributed by atoms with Crippen molar-refractivity contribution in [2.45, 2.75) is 6.04 Å². The third-order valence-corrected chi connectivity index (χ3v) is 6.96. The molecule has 1 atom stereocenters. The van der Waals surface area contributed by atoms with Gasteiger partial charge in [-0.1, -0.05) is 17.7 Å². The second-order valence-electron chi connectivity index (χ2n) is 7.72. The third kappa shape index (κ3) is 4.84. The first-order valence-electron chi connectivity index (χ1n) is 10.9. The van der Waals surface area contributed by atoms with Gasteiger partial charge in [-0.05, 0) is 41.8 Å². The summed E-state index contributed by atoms with van der Waals surface area (Å²) in [6.07, 6.45) is 0. The lowest BCUT2D eigenvalue weighted by Crippen LogP contribution is -2.33. The van der Waals surface area contributed by atoms with Crippen molar-refractivity contribution in [2.75, 3.05) is 34.5 Å². The molecule has 1 aromatic heterocycles. The molecule has 0 saturated carbocycles. The van der Waals surface area contributed by atoms with Gasteiger partial charge < -0.3 is 29.0 Å². The van der Waals surface area contributed by atoms with Gasteiger partial charge in [0.1, 0.15) is 35.4 Å².